The molecule has 0 aliphatic rings. The van der Waals surface area contributed by atoms with Crippen molar-refractivity contribution in [2.45, 2.75) is 0 Å². The molecule has 2 aromatic carbocycles. The monoisotopic (exact) mass is 395 g/mol. The summed E-state index contributed by atoms with van der Waals surface area (Å²) in [7, 11) is 0. The van der Waals surface area contributed by atoms with Gasteiger partial charge in [0.05, 0.1) is 11.3 Å². The number of nitrogens with zero attached hydrogens (tertiary/aromatic N) is 1. The van der Waals surface area contributed by atoms with Gasteiger partial charge in [0, 0.05) is 16.2 Å². The van der Waals surface area contributed by atoms with Crippen LogP contribution in [0.3, 0.4) is 0 Å². The van der Waals surface area contributed by atoms with Crippen LogP contribution in [0.4, 0.5) is 11.5 Å². The molecule has 2 N–H and O–H groups in total. The number of carbonyl (C=O) groups excluding carboxylic acids is 2. The van der Waals surface area contributed by atoms with Gasteiger partial charge < -0.3 is 10.6 Å². The standard InChI is InChI=1S/C19H14BrN3O2/c20-14-10-8-13(9-11-14)18(24)22-16-6-2-1-5-15(16)19(25)23-17-7-3-4-12-21-17/h1-12H,(H,22,24)(H,21,23,25). The van der Waals surface area contributed by atoms with Crippen molar-refractivity contribution in [2.75, 3.05) is 10.6 Å². The minimum Gasteiger partial charge on any atom is -0.321 e. The molecular formula is C19H14BrN3O2. The average molecular weight is 396 g/mol. The zero-order valence-corrected chi connectivity index (χ0v) is 14.7. The van der Waals surface area contributed by atoms with Crippen molar-refractivity contribution in [3.8, 4) is 0 Å². The summed E-state index contributed by atoms with van der Waals surface area (Å²) < 4.78 is 0.888. The maximum atomic E-state index is 12.5. The van der Waals surface area contributed by atoms with Crippen LogP contribution in [0.2, 0.25) is 0 Å². The third-order valence-electron chi connectivity index (χ3n) is 3.43. The van der Waals surface area contributed by atoms with Crippen molar-refractivity contribution in [3.63, 3.8) is 0 Å². The van der Waals surface area contributed by atoms with Crippen molar-refractivity contribution >= 4 is 39.2 Å². The number of carbonyl (C=O) groups is 2. The Labute approximate surface area is 153 Å². The lowest BCUT2D eigenvalue weighted by Gasteiger charge is -2.11. The Morgan fingerprint density at radius 1 is 0.800 bits per heavy atom. The van der Waals surface area contributed by atoms with Crippen molar-refractivity contribution in [3.05, 3.63) is 88.5 Å². The molecule has 0 atom stereocenters. The van der Waals surface area contributed by atoms with E-state index in [9.17, 15) is 9.59 Å². The van der Waals surface area contributed by atoms with Gasteiger partial charge in [0.15, 0.2) is 0 Å². The van der Waals surface area contributed by atoms with Crippen molar-refractivity contribution in [2.24, 2.45) is 0 Å². The molecule has 0 fully saturated rings. The van der Waals surface area contributed by atoms with Crippen LogP contribution in [0.1, 0.15) is 20.7 Å². The van der Waals surface area contributed by atoms with Crippen LogP contribution in [0.15, 0.2) is 77.4 Å². The molecule has 1 heterocycles. The van der Waals surface area contributed by atoms with Crippen LogP contribution >= 0.6 is 15.9 Å². The normalized spacial score (nSPS) is 10.1. The lowest BCUT2D eigenvalue weighted by atomic mass is 10.1. The van der Waals surface area contributed by atoms with Crippen molar-refractivity contribution in [1.29, 1.82) is 0 Å². The number of aromatic nitrogens is 1. The topological polar surface area (TPSA) is 71.1 Å². The fourth-order valence-electron chi connectivity index (χ4n) is 2.21. The van der Waals surface area contributed by atoms with Gasteiger partial charge in [-0.2, -0.15) is 0 Å². The molecule has 6 heteroatoms. The Morgan fingerprint density at radius 3 is 2.24 bits per heavy atom. The molecule has 0 saturated carbocycles. The summed E-state index contributed by atoms with van der Waals surface area (Å²) in [4.78, 5) is 28.9. The van der Waals surface area contributed by atoms with E-state index in [0.29, 0.717) is 22.6 Å². The molecular weight excluding hydrogens is 382 g/mol. The van der Waals surface area contributed by atoms with Gasteiger partial charge in [-0.3, -0.25) is 9.59 Å². The van der Waals surface area contributed by atoms with E-state index >= 15 is 0 Å². The minimum absolute atomic E-state index is 0.286. The zero-order chi connectivity index (χ0) is 17.6. The molecule has 0 spiro atoms. The molecule has 2 amide bonds. The summed E-state index contributed by atoms with van der Waals surface area (Å²) >= 11 is 3.33. The van der Waals surface area contributed by atoms with Gasteiger partial charge in [-0.25, -0.2) is 4.98 Å². The van der Waals surface area contributed by atoms with Crippen LogP contribution in [0.5, 0.6) is 0 Å². The van der Waals surface area contributed by atoms with Gasteiger partial charge >= 0.3 is 0 Å². The smallest absolute Gasteiger partial charge is 0.258 e. The third kappa shape index (κ3) is 4.30. The van der Waals surface area contributed by atoms with E-state index in [1.54, 1.807) is 72.9 Å². The Balaban J connectivity index is 1.79. The summed E-state index contributed by atoms with van der Waals surface area (Å²) in [5, 5.41) is 5.49. The van der Waals surface area contributed by atoms with Gasteiger partial charge in [0.25, 0.3) is 11.8 Å². The molecule has 0 radical (unpaired) electrons. The Hall–Kier alpha value is -2.99. The predicted octanol–water partition coefficient (Wildman–Crippen LogP) is 4.35. The highest BCUT2D eigenvalue weighted by Gasteiger charge is 2.14. The van der Waals surface area contributed by atoms with E-state index in [1.165, 1.54) is 0 Å². The number of benzene rings is 2. The second kappa shape index (κ2) is 7.72. The van der Waals surface area contributed by atoms with Gasteiger partial charge in [-0.15, -0.1) is 0 Å². The zero-order valence-electron chi connectivity index (χ0n) is 13.1. The quantitative estimate of drug-likeness (QED) is 0.689. The van der Waals surface area contributed by atoms with E-state index < -0.39 is 0 Å². The van der Waals surface area contributed by atoms with Gasteiger partial charge in [-0.05, 0) is 48.5 Å². The Morgan fingerprint density at radius 2 is 1.52 bits per heavy atom. The largest absolute Gasteiger partial charge is 0.321 e. The molecule has 25 heavy (non-hydrogen) atoms. The molecule has 5 nitrogen and oxygen atoms in total. The van der Waals surface area contributed by atoms with Gasteiger partial charge in [0.2, 0.25) is 0 Å². The number of anilines is 2. The average Bonchev–Trinajstić information content (AvgIpc) is 2.63. The lowest BCUT2D eigenvalue weighted by Crippen LogP contribution is -2.18. The van der Waals surface area contributed by atoms with E-state index in [4.69, 9.17) is 0 Å². The number of nitrogens with one attached hydrogen (secondary N) is 2. The number of hydrogen-bond acceptors (Lipinski definition) is 3. The minimum atomic E-state index is -0.342. The first-order valence-corrected chi connectivity index (χ1v) is 8.31. The number of pyridine rings is 1. The molecule has 124 valence electrons. The molecule has 3 rings (SSSR count). The highest BCUT2D eigenvalue weighted by atomic mass is 79.9. The van der Waals surface area contributed by atoms with Crippen molar-refractivity contribution < 1.29 is 9.59 Å². The van der Waals surface area contributed by atoms with Crippen LogP contribution in [-0.4, -0.2) is 16.8 Å². The van der Waals surface area contributed by atoms with Crippen LogP contribution < -0.4 is 10.6 Å². The second-order valence-corrected chi connectivity index (χ2v) is 6.09. The number of amides is 2. The van der Waals surface area contributed by atoms with Crippen molar-refractivity contribution in [1.82, 2.24) is 4.98 Å². The van der Waals surface area contributed by atoms with E-state index in [0.717, 1.165) is 4.47 Å². The second-order valence-electron chi connectivity index (χ2n) is 5.18. The molecule has 0 saturated heterocycles. The first-order valence-electron chi connectivity index (χ1n) is 7.52. The number of halogens is 1. The molecule has 0 aliphatic carbocycles. The molecule has 1 aromatic heterocycles. The molecule has 0 bridgehead atoms. The maximum absolute atomic E-state index is 12.5. The first kappa shape index (κ1) is 16.9. The van der Waals surface area contributed by atoms with E-state index in [2.05, 4.69) is 31.5 Å². The Kier molecular flexibility index (Phi) is 5.20. The van der Waals surface area contributed by atoms with E-state index in [1.807, 2.05) is 0 Å². The van der Waals surface area contributed by atoms with Crippen LogP contribution in [-0.2, 0) is 0 Å². The number of para-hydroxylation sites is 1. The summed E-state index contributed by atoms with van der Waals surface area (Å²) in [6.45, 7) is 0. The lowest BCUT2D eigenvalue weighted by molar-refractivity contribution is 0.102. The fraction of sp³-hybridized carbons (Fsp3) is 0. The van der Waals surface area contributed by atoms with Crippen LogP contribution in [0.25, 0.3) is 0 Å². The van der Waals surface area contributed by atoms with Gasteiger partial charge in [-0.1, -0.05) is 34.1 Å². The van der Waals surface area contributed by atoms with E-state index in [-0.39, 0.29) is 11.8 Å². The SMILES string of the molecule is O=C(Nc1ccccc1C(=O)Nc1ccccn1)c1ccc(Br)cc1. The first-order chi connectivity index (χ1) is 12.1. The van der Waals surface area contributed by atoms with Gasteiger partial charge in [0.1, 0.15) is 5.82 Å². The summed E-state index contributed by atoms with van der Waals surface area (Å²) in [6.07, 6.45) is 1.59. The summed E-state index contributed by atoms with van der Waals surface area (Å²) in [5.74, 6) is -0.183. The van der Waals surface area contributed by atoms with Crippen LogP contribution in [0, 0.1) is 0 Å². The summed E-state index contributed by atoms with van der Waals surface area (Å²) in [6, 6.07) is 19.1. The number of rotatable bonds is 4. The third-order valence-corrected chi connectivity index (χ3v) is 3.96. The fourth-order valence-corrected chi connectivity index (χ4v) is 2.47. The molecule has 3 aromatic rings. The highest BCUT2D eigenvalue weighted by molar-refractivity contribution is 9.10. The highest BCUT2D eigenvalue weighted by Crippen LogP contribution is 2.18. The Bertz CT molecular complexity index is 896. The number of hydrogen-bond donors (Lipinski definition) is 2. The maximum Gasteiger partial charge on any atom is 0.258 e. The molecule has 0 aliphatic heterocycles. The predicted molar refractivity (Wildman–Crippen MR) is 101 cm³/mol. The summed E-state index contributed by atoms with van der Waals surface area (Å²) in [5.41, 5.74) is 1.30. The molecule has 0 unspecified atom stereocenters.